The molecule has 0 amide bonds. The van der Waals surface area contributed by atoms with Crippen LogP contribution in [0.5, 0.6) is 0 Å². The van der Waals surface area contributed by atoms with Crippen molar-refractivity contribution >= 4 is 0 Å². The fraction of sp³-hybridized carbons (Fsp3) is 0.824. The molecule has 4 aliphatic carbocycles. The van der Waals surface area contributed by atoms with Crippen molar-refractivity contribution in [2.24, 2.45) is 35.3 Å². The first-order valence-electron chi connectivity index (χ1n) is 8.45. The van der Waals surface area contributed by atoms with Crippen LogP contribution in [0.3, 0.4) is 0 Å². The van der Waals surface area contributed by atoms with E-state index in [1.54, 1.807) is 0 Å². The van der Waals surface area contributed by atoms with Gasteiger partial charge < -0.3 is 10.3 Å². The molecule has 0 aliphatic heterocycles. The fourth-order valence-electron chi connectivity index (χ4n) is 6.02. The number of imidazole rings is 1. The zero-order valence-electron chi connectivity index (χ0n) is 12.5. The third kappa shape index (κ3) is 1.93. The van der Waals surface area contributed by atoms with Gasteiger partial charge in [-0.2, -0.15) is 0 Å². The molecule has 2 N–H and O–H groups in total. The van der Waals surface area contributed by atoms with Gasteiger partial charge in [0.05, 0.1) is 0 Å². The van der Waals surface area contributed by atoms with Crippen molar-refractivity contribution in [2.75, 3.05) is 6.54 Å². The van der Waals surface area contributed by atoms with Gasteiger partial charge in [-0.1, -0.05) is 0 Å². The summed E-state index contributed by atoms with van der Waals surface area (Å²) < 4.78 is 2.43. The molecule has 4 aliphatic rings. The van der Waals surface area contributed by atoms with Crippen molar-refractivity contribution in [2.45, 2.75) is 51.5 Å². The summed E-state index contributed by atoms with van der Waals surface area (Å²) in [6.45, 7) is 2.94. The Morgan fingerprint density at radius 3 is 2.35 bits per heavy atom. The first kappa shape index (κ1) is 12.9. The Balaban J connectivity index is 1.65. The van der Waals surface area contributed by atoms with Crippen LogP contribution in [-0.2, 0) is 0 Å². The number of hydrogen-bond donors (Lipinski definition) is 1. The van der Waals surface area contributed by atoms with Crippen LogP contribution in [0, 0.1) is 36.5 Å². The molecule has 4 saturated carbocycles. The van der Waals surface area contributed by atoms with Crippen molar-refractivity contribution in [3.8, 4) is 0 Å². The Morgan fingerprint density at radius 2 is 1.85 bits per heavy atom. The topological polar surface area (TPSA) is 43.8 Å². The third-order valence-corrected chi connectivity index (χ3v) is 6.43. The Bertz CT molecular complexity index is 450. The highest BCUT2D eigenvalue weighted by atomic mass is 15.1. The van der Waals surface area contributed by atoms with Gasteiger partial charge in [-0.3, -0.25) is 0 Å². The monoisotopic (exact) mass is 273 g/mol. The highest BCUT2D eigenvalue weighted by Crippen LogP contribution is 2.59. The lowest BCUT2D eigenvalue weighted by atomic mass is 9.50. The summed E-state index contributed by atoms with van der Waals surface area (Å²) in [5.41, 5.74) is 5.94. The average Bonchev–Trinajstić information content (AvgIpc) is 2.82. The Labute approximate surface area is 122 Å². The zero-order chi connectivity index (χ0) is 13.7. The predicted octanol–water partition coefficient (Wildman–Crippen LogP) is 3.15. The maximum absolute atomic E-state index is 5.94. The molecule has 4 fully saturated rings. The quantitative estimate of drug-likeness (QED) is 0.916. The lowest BCUT2D eigenvalue weighted by Gasteiger charge is -2.56. The molecule has 110 valence electrons. The second kappa shape index (κ2) is 4.87. The molecule has 4 bridgehead atoms. The fourth-order valence-corrected chi connectivity index (χ4v) is 6.02. The van der Waals surface area contributed by atoms with Gasteiger partial charge in [-0.15, -0.1) is 0 Å². The minimum absolute atomic E-state index is 0.595. The van der Waals surface area contributed by atoms with Gasteiger partial charge in [0, 0.05) is 18.4 Å². The van der Waals surface area contributed by atoms with Crippen LogP contribution in [0.25, 0.3) is 0 Å². The van der Waals surface area contributed by atoms with E-state index in [9.17, 15) is 0 Å². The molecule has 0 radical (unpaired) electrons. The molecule has 20 heavy (non-hydrogen) atoms. The summed E-state index contributed by atoms with van der Waals surface area (Å²) in [7, 11) is 0. The number of nitrogens with two attached hydrogens (primary N) is 1. The normalized spacial score (nSPS) is 40.2. The third-order valence-electron chi connectivity index (χ3n) is 6.43. The van der Waals surface area contributed by atoms with Crippen LogP contribution >= 0.6 is 0 Å². The second-order valence-electron chi connectivity index (χ2n) is 7.53. The van der Waals surface area contributed by atoms with Crippen molar-refractivity contribution in [1.29, 1.82) is 0 Å². The number of aryl methyl sites for hydroxylation is 1. The first-order valence-corrected chi connectivity index (χ1v) is 8.45. The van der Waals surface area contributed by atoms with Crippen molar-refractivity contribution in [1.82, 2.24) is 9.55 Å². The van der Waals surface area contributed by atoms with Gasteiger partial charge in [0.1, 0.15) is 5.82 Å². The molecular formula is C17H27N3. The Kier molecular flexibility index (Phi) is 3.13. The van der Waals surface area contributed by atoms with Gasteiger partial charge in [-0.25, -0.2) is 4.98 Å². The van der Waals surface area contributed by atoms with E-state index in [0.29, 0.717) is 6.04 Å². The Morgan fingerprint density at radius 1 is 1.20 bits per heavy atom. The highest BCUT2D eigenvalue weighted by Gasteiger charge is 2.50. The summed E-state index contributed by atoms with van der Waals surface area (Å²) in [6.07, 6.45) is 12.8. The van der Waals surface area contributed by atoms with Crippen LogP contribution in [-0.4, -0.2) is 16.1 Å². The molecule has 0 spiro atoms. The van der Waals surface area contributed by atoms with E-state index in [0.717, 1.165) is 48.4 Å². The molecular weight excluding hydrogens is 246 g/mol. The number of rotatable bonds is 4. The molecule has 1 aromatic rings. The molecule has 1 atom stereocenters. The van der Waals surface area contributed by atoms with Crippen LogP contribution in [0.2, 0.25) is 0 Å². The molecule has 1 heterocycles. The van der Waals surface area contributed by atoms with Crippen LogP contribution < -0.4 is 5.73 Å². The van der Waals surface area contributed by atoms with Crippen LogP contribution in [0.4, 0.5) is 0 Å². The van der Waals surface area contributed by atoms with Gasteiger partial charge in [0.2, 0.25) is 0 Å². The van der Waals surface area contributed by atoms with E-state index >= 15 is 0 Å². The summed E-state index contributed by atoms with van der Waals surface area (Å²) in [5, 5.41) is 0. The van der Waals surface area contributed by atoms with E-state index < -0.39 is 0 Å². The van der Waals surface area contributed by atoms with E-state index in [1.807, 2.05) is 6.20 Å². The summed E-state index contributed by atoms with van der Waals surface area (Å²) >= 11 is 0. The number of hydrogen-bond acceptors (Lipinski definition) is 2. The summed E-state index contributed by atoms with van der Waals surface area (Å²) in [6, 6.07) is 0.595. The minimum atomic E-state index is 0.595. The maximum atomic E-state index is 5.94. The standard InChI is InChI=1S/C17H27N3/c1-11-19-4-5-20(11)16(2-3-18)17-14-7-12-6-13(9-14)10-15(17)8-12/h4-5,12-17H,2-3,6-10,18H2,1H3. The summed E-state index contributed by atoms with van der Waals surface area (Å²) in [4.78, 5) is 4.45. The average molecular weight is 273 g/mol. The molecule has 0 aromatic carbocycles. The minimum Gasteiger partial charge on any atom is -0.332 e. The lowest BCUT2D eigenvalue weighted by Crippen LogP contribution is -2.48. The van der Waals surface area contributed by atoms with E-state index in [-0.39, 0.29) is 0 Å². The number of aromatic nitrogens is 2. The van der Waals surface area contributed by atoms with Crippen molar-refractivity contribution < 1.29 is 0 Å². The first-order chi connectivity index (χ1) is 9.76. The molecule has 5 rings (SSSR count). The number of nitrogens with zero attached hydrogens (tertiary/aromatic N) is 2. The zero-order valence-corrected chi connectivity index (χ0v) is 12.5. The van der Waals surface area contributed by atoms with Gasteiger partial charge in [0.15, 0.2) is 0 Å². The Hall–Kier alpha value is -0.830. The summed E-state index contributed by atoms with van der Waals surface area (Å²) in [5.74, 6) is 6.05. The lowest BCUT2D eigenvalue weighted by molar-refractivity contribution is -0.0596. The SMILES string of the molecule is Cc1nccn1C(CCN)C1C2CC3CC(C2)CC1C3. The van der Waals surface area contributed by atoms with Gasteiger partial charge in [-0.05, 0) is 81.6 Å². The smallest absolute Gasteiger partial charge is 0.105 e. The largest absolute Gasteiger partial charge is 0.332 e. The van der Waals surface area contributed by atoms with Crippen LogP contribution in [0.1, 0.15) is 50.4 Å². The van der Waals surface area contributed by atoms with E-state index in [2.05, 4.69) is 22.7 Å². The van der Waals surface area contributed by atoms with Crippen molar-refractivity contribution in [3.63, 3.8) is 0 Å². The molecule has 1 aromatic heterocycles. The van der Waals surface area contributed by atoms with Crippen LogP contribution in [0.15, 0.2) is 12.4 Å². The molecule has 1 unspecified atom stereocenters. The highest BCUT2D eigenvalue weighted by molar-refractivity contribution is 5.03. The van der Waals surface area contributed by atoms with Gasteiger partial charge >= 0.3 is 0 Å². The van der Waals surface area contributed by atoms with Crippen molar-refractivity contribution in [3.05, 3.63) is 18.2 Å². The predicted molar refractivity (Wildman–Crippen MR) is 80.2 cm³/mol. The van der Waals surface area contributed by atoms with Gasteiger partial charge in [0.25, 0.3) is 0 Å². The van der Waals surface area contributed by atoms with E-state index in [1.165, 1.54) is 32.1 Å². The second-order valence-corrected chi connectivity index (χ2v) is 7.53. The molecule has 0 saturated heterocycles. The molecule has 3 nitrogen and oxygen atoms in total. The maximum Gasteiger partial charge on any atom is 0.105 e. The van der Waals surface area contributed by atoms with E-state index in [4.69, 9.17) is 5.73 Å². The molecule has 3 heteroatoms.